The molecule has 0 spiro atoms. The first-order valence-corrected chi connectivity index (χ1v) is 6.29. The highest BCUT2D eigenvalue weighted by Crippen LogP contribution is 2.24. The Hall–Kier alpha value is -2.13. The molecule has 0 radical (unpaired) electrons. The van der Waals surface area contributed by atoms with Gasteiger partial charge in [-0.15, -0.1) is 11.3 Å². The summed E-state index contributed by atoms with van der Waals surface area (Å²) in [6, 6.07) is 3.69. The predicted octanol–water partition coefficient (Wildman–Crippen LogP) is 2.73. The number of anilines is 1. The van der Waals surface area contributed by atoms with Crippen molar-refractivity contribution >= 4 is 22.2 Å². The number of aromatic nitrogens is 1. The van der Waals surface area contributed by atoms with Crippen molar-refractivity contribution in [3.05, 3.63) is 34.0 Å². The van der Waals surface area contributed by atoms with E-state index in [2.05, 4.69) is 10.5 Å². The molecular weight excluding hydrogens is 250 g/mol. The number of rotatable bonds is 3. The molecule has 2 rings (SSSR count). The largest absolute Gasteiger partial charge is 0.361 e. The second-order valence-corrected chi connectivity index (χ2v) is 4.56. The Balaban J connectivity index is 2.28. The fourth-order valence-electron chi connectivity index (χ4n) is 1.61. The molecule has 0 aliphatic carbocycles. The minimum Gasteiger partial charge on any atom is -0.361 e. The predicted molar refractivity (Wildman–Crippen MR) is 67.6 cm³/mol. The molecule has 0 unspecified atom stereocenters. The summed E-state index contributed by atoms with van der Waals surface area (Å²) in [6.07, 6.45) is 0.621. The minimum absolute atomic E-state index is 0.287. The lowest BCUT2D eigenvalue weighted by Gasteiger charge is -2.02. The van der Waals surface area contributed by atoms with E-state index in [-0.39, 0.29) is 5.91 Å². The van der Waals surface area contributed by atoms with Crippen LogP contribution >= 0.6 is 11.3 Å². The molecule has 0 bridgehead atoms. The van der Waals surface area contributed by atoms with Crippen LogP contribution in [0.15, 0.2) is 16.0 Å². The van der Waals surface area contributed by atoms with E-state index in [1.54, 1.807) is 18.4 Å². The van der Waals surface area contributed by atoms with Crippen LogP contribution < -0.4 is 5.32 Å². The topological polar surface area (TPSA) is 78.9 Å². The molecule has 5 nitrogen and oxygen atoms in total. The van der Waals surface area contributed by atoms with Crippen LogP contribution in [0.2, 0.25) is 0 Å². The maximum atomic E-state index is 12.1. The highest BCUT2D eigenvalue weighted by atomic mass is 32.1. The van der Waals surface area contributed by atoms with Gasteiger partial charge in [-0.05, 0) is 24.8 Å². The fraction of sp³-hybridized carbons (Fsp3) is 0.250. The second kappa shape index (κ2) is 5.02. The SMILES string of the molecule is CCc1noc(C)c1C(=O)Nc1sccc1C#N. The van der Waals surface area contributed by atoms with Crippen molar-refractivity contribution in [3.8, 4) is 6.07 Å². The Morgan fingerprint density at radius 3 is 3.11 bits per heavy atom. The van der Waals surface area contributed by atoms with E-state index in [0.29, 0.717) is 34.0 Å². The molecule has 0 saturated carbocycles. The van der Waals surface area contributed by atoms with Crippen LogP contribution in [-0.2, 0) is 6.42 Å². The Morgan fingerprint density at radius 2 is 2.44 bits per heavy atom. The average molecular weight is 261 g/mol. The highest BCUT2D eigenvalue weighted by Gasteiger charge is 2.20. The van der Waals surface area contributed by atoms with Crippen molar-refractivity contribution in [3.63, 3.8) is 0 Å². The lowest BCUT2D eigenvalue weighted by molar-refractivity contribution is 0.102. The number of amides is 1. The summed E-state index contributed by atoms with van der Waals surface area (Å²) in [5, 5.41) is 17.7. The summed E-state index contributed by atoms with van der Waals surface area (Å²) in [4.78, 5) is 12.1. The Bertz CT molecular complexity index is 622. The third-order valence-corrected chi connectivity index (χ3v) is 3.34. The van der Waals surface area contributed by atoms with Gasteiger partial charge >= 0.3 is 0 Å². The first-order chi connectivity index (χ1) is 8.67. The van der Waals surface area contributed by atoms with Crippen molar-refractivity contribution < 1.29 is 9.32 Å². The number of carbonyl (C=O) groups excluding carboxylic acids is 1. The van der Waals surface area contributed by atoms with Crippen molar-refractivity contribution in [2.75, 3.05) is 5.32 Å². The van der Waals surface area contributed by atoms with E-state index in [0.717, 1.165) is 0 Å². The molecule has 0 fully saturated rings. The Morgan fingerprint density at radius 1 is 1.67 bits per heavy atom. The normalized spacial score (nSPS) is 10.1. The summed E-state index contributed by atoms with van der Waals surface area (Å²) in [5.74, 6) is 0.198. The van der Waals surface area contributed by atoms with Crippen LogP contribution in [0.3, 0.4) is 0 Å². The molecule has 1 amide bonds. The maximum Gasteiger partial charge on any atom is 0.261 e. The van der Waals surface area contributed by atoms with Gasteiger partial charge in [-0.3, -0.25) is 4.79 Å². The van der Waals surface area contributed by atoms with Gasteiger partial charge in [-0.1, -0.05) is 12.1 Å². The molecule has 0 aliphatic heterocycles. The van der Waals surface area contributed by atoms with Gasteiger partial charge < -0.3 is 9.84 Å². The number of thiophene rings is 1. The summed E-state index contributed by atoms with van der Waals surface area (Å²) in [7, 11) is 0. The first kappa shape index (κ1) is 12.3. The molecule has 18 heavy (non-hydrogen) atoms. The summed E-state index contributed by atoms with van der Waals surface area (Å²) < 4.78 is 5.01. The molecule has 92 valence electrons. The van der Waals surface area contributed by atoms with E-state index in [1.165, 1.54) is 11.3 Å². The van der Waals surface area contributed by atoms with E-state index < -0.39 is 0 Å². The lowest BCUT2D eigenvalue weighted by atomic mass is 10.1. The molecule has 0 saturated heterocycles. The Kier molecular flexibility index (Phi) is 3.44. The average Bonchev–Trinajstić information content (AvgIpc) is 2.95. The molecule has 0 aliphatic rings. The van der Waals surface area contributed by atoms with Gasteiger partial charge in [0.05, 0.1) is 11.3 Å². The number of aryl methyl sites for hydroxylation is 2. The van der Waals surface area contributed by atoms with E-state index in [9.17, 15) is 4.79 Å². The maximum absolute atomic E-state index is 12.1. The second-order valence-electron chi connectivity index (χ2n) is 3.64. The summed E-state index contributed by atoms with van der Waals surface area (Å²) >= 11 is 1.31. The summed E-state index contributed by atoms with van der Waals surface area (Å²) in [6.45, 7) is 3.60. The molecule has 0 atom stereocenters. The van der Waals surface area contributed by atoms with Crippen LogP contribution in [0.1, 0.15) is 34.3 Å². The highest BCUT2D eigenvalue weighted by molar-refractivity contribution is 7.14. The van der Waals surface area contributed by atoms with Crippen LogP contribution in [0.25, 0.3) is 0 Å². The molecule has 6 heteroatoms. The van der Waals surface area contributed by atoms with Gasteiger partial charge in [0.15, 0.2) is 0 Å². The zero-order valence-electron chi connectivity index (χ0n) is 9.98. The molecule has 2 heterocycles. The molecule has 2 aromatic rings. The molecule has 1 N–H and O–H groups in total. The number of nitrogens with one attached hydrogen (secondary N) is 1. The third kappa shape index (κ3) is 2.13. The molecule has 2 aromatic heterocycles. The number of carbonyl (C=O) groups is 1. The van der Waals surface area contributed by atoms with Gasteiger partial charge in [0.1, 0.15) is 22.4 Å². The number of hydrogen-bond donors (Lipinski definition) is 1. The van der Waals surface area contributed by atoms with Crippen molar-refractivity contribution in [1.82, 2.24) is 5.16 Å². The van der Waals surface area contributed by atoms with Crippen molar-refractivity contribution in [2.24, 2.45) is 0 Å². The van der Waals surface area contributed by atoms with Crippen molar-refractivity contribution in [1.29, 1.82) is 5.26 Å². The zero-order chi connectivity index (χ0) is 13.1. The van der Waals surface area contributed by atoms with Gasteiger partial charge in [0, 0.05) is 0 Å². The summed E-state index contributed by atoms with van der Waals surface area (Å²) in [5.41, 5.74) is 1.54. The van der Waals surface area contributed by atoms with Gasteiger partial charge in [0.25, 0.3) is 5.91 Å². The quantitative estimate of drug-likeness (QED) is 0.921. The van der Waals surface area contributed by atoms with E-state index >= 15 is 0 Å². The minimum atomic E-state index is -0.287. The third-order valence-electron chi connectivity index (χ3n) is 2.51. The van der Waals surface area contributed by atoms with E-state index in [4.69, 9.17) is 9.78 Å². The number of nitriles is 1. The standard InChI is InChI=1S/C12H11N3O2S/c1-3-9-10(7(2)17-15-9)11(16)14-12-8(6-13)4-5-18-12/h4-5H,3H2,1-2H3,(H,14,16). The van der Waals surface area contributed by atoms with Gasteiger partial charge in [-0.25, -0.2) is 0 Å². The molecule has 0 aromatic carbocycles. The van der Waals surface area contributed by atoms with Crippen LogP contribution in [-0.4, -0.2) is 11.1 Å². The fourth-order valence-corrected chi connectivity index (χ4v) is 2.34. The monoisotopic (exact) mass is 261 g/mol. The number of nitrogens with zero attached hydrogens (tertiary/aromatic N) is 2. The van der Waals surface area contributed by atoms with Crippen LogP contribution in [0.4, 0.5) is 5.00 Å². The van der Waals surface area contributed by atoms with Gasteiger partial charge in [0.2, 0.25) is 0 Å². The first-order valence-electron chi connectivity index (χ1n) is 5.41. The molecular formula is C12H11N3O2S. The smallest absolute Gasteiger partial charge is 0.261 e. The van der Waals surface area contributed by atoms with Crippen LogP contribution in [0.5, 0.6) is 0 Å². The lowest BCUT2D eigenvalue weighted by Crippen LogP contribution is -2.14. The van der Waals surface area contributed by atoms with Crippen molar-refractivity contribution in [2.45, 2.75) is 20.3 Å². The Labute approximate surface area is 108 Å². The van der Waals surface area contributed by atoms with Gasteiger partial charge in [-0.2, -0.15) is 5.26 Å². The van der Waals surface area contributed by atoms with Crippen LogP contribution in [0, 0.1) is 18.3 Å². The zero-order valence-corrected chi connectivity index (χ0v) is 10.8. The van der Waals surface area contributed by atoms with E-state index in [1.807, 2.05) is 13.0 Å². The number of hydrogen-bond acceptors (Lipinski definition) is 5.